The Morgan fingerprint density at radius 3 is 3.00 bits per heavy atom. The Kier molecular flexibility index (Phi) is 4.27. The number of nitrogens with zero attached hydrogens (tertiary/aromatic N) is 2. The van der Waals surface area contributed by atoms with Gasteiger partial charge in [0.1, 0.15) is 0 Å². The normalized spacial score (nSPS) is 10.2. The van der Waals surface area contributed by atoms with E-state index in [2.05, 4.69) is 10.4 Å². The Labute approximate surface area is 122 Å². The molecule has 1 amide bonds. The van der Waals surface area contributed by atoms with E-state index < -0.39 is 0 Å². The van der Waals surface area contributed by atoms with Crippen molar-refractivity contribution >= 4 is 28.5 Å². The quantitative estimate of drug-likeness (QED) is 0.356. The number of hydrazine groups is 1. The Balaban J connectivity index is 2.31. The second-order valence-electron chi connectivity index (χ2n) is 3.85. The highest BCUT2D eigenvalue weighted by Crippen LogP contribution is 2.06. The van der Waals surface area contributed by atoms with Crippen molar-refractivity contribution in [2.24, 2.45) is 5.84 Å². The van der Waals surface area contributed by atoms with Crippen molar-refractivity contribution < 1.29 is 4.79 Å². The second kappa shape index (κ2) is 5.93. The molecule has 3 N–H and O–H groups in total. The van der Waals surface area contributed by atoms with Crippen molar-refractivity contribution in [3.63, 3.8) is 0 Å². The van der Waals surface area contributed by atoms with Gasteiger partial charge in [-0.25, -0.2) is 10.8 Å². The molecule has 0 aliphatic rings. The summed E-state index contributed by atoms with van der Waals surface area (Å²) in [4.78, 5) is 27.3. The Hall–Kier alpha value is -1.74. The van der Waals surface area contributed by atoms with E-state index in [1.807, 2.05) is 28.7 Å². The number of amides is 1. The zero-order chi connectivity index (χ0) is 13.8. The molecule has 0 spiro atoms. The third kappa shape index (κ3) is 3.18. The maximum Gasteiger partial charge on any atom is 0.267 e. The van der Waals surface area contributed by atoms with Gasteiger partial charge < -0.3 is 0 Å². The summed E-state index contributed by atoms with van der Waals surface area (Å²) in [6, 6.07) is 6.92. The van der Waals surface area contributed by atoms with Gasteiger partial charge in [0, 0.05) is 11.8 Å². The zero-order valence-electron chi connectivity index (χ0n) is 9.84. The fourth-order valence-corrected chi connectivity index (χ4v) is 2.10. The molecule has 19 heavy (non-hydrogen) atoms. The molecule has 1 aromatic heterocycles. The fraction of sp³-hybridized carbons (Fsp3) is 0.0833. The van der Waals surface area contributed by atoms with E-state index in [-0.39, 0.29) is 11.5 Å². The predicted octanol–water partition coefficient (Wildman–Crippen LogP) is 0.500. The summed E-state index contributed by atoms with van der Waals surface area (Å²) in [7, 11) is 0. The van der Waals surface area contributed by atoms with Gasteiger partial charge >= 0.3 is 0 Å². The molecule has 98 valence electrons. The SMILES string of the molecule is NNC(=O)c1cccc(Cn2cncc(I)c2=O)c1. The van der Waals surface area contributed by atoms with Crippen LogP contribution in [-0.4, -0.2) is 15.5 Å². The zero-order valence-corrected chi connectivity index (χ0v) is 12.0. The van der Waals surface area contributed by atoms with E-state index in [1.165, 1.54) is 17.1 Å². The minimum Gasteiger partial charge on any atom is -0.294 e. The van der Waals surface area contributed by atoms with E-state index >= 15 is 0 Å². The number of rotatable bonds is 3. The molecule has 1 aromatic carbocycles. The molecule has 0 radical (unpaired) electrons. The van der Waals surface area contributed by atoms with Crippen LogP contribution in [0.4, 0.5) is 0 Å². The molecule has 1 heterocycles. The molecule has 0 aliphatic heterocycles. The van der Waals surface area contributed by atoms with E-state index in [4.69, 9.17) is 5.84 Å². The summed E-state index contributed by atoms with van der Waals surface area (Å²) >= 11 is 1.94. The number of benzene rings is 1. The summed E-state index contributed by atoms with van der Waals surface area (Å²) in [5, 5.41) is 0. The lowest BCUT2D eigenvalue weighted by atomic mass is 10.1. The first kappa shape index (κ1) is 13.7. The van der Waals surface area contributed by atoms with Crippen molar-refractivity contribution in [2.45, 2.75) is 6.54 Å². The first-order chi connectivity index (χ1) is 9.11. The minimum atomic E-state index is -0.366. The van der Waals surface area contributed by atoms with Crippen LogP contribution in [0.25, 0.3) is 0 Å². The lowest BCUT2D eigenvalue weighted by molar-refractivity contribution is 0.0953. The number of hydrogen-bond acceptors (Lipinski definition) is 4. The molecule has 7 heteroatoms. The minimum absolute atomic E-state index is 0.107. The Bertz CT molecular complexity index is 669. The number of nitrogen functional groups attached to an aromatic ring is 1. The summed E-state index contributed by atoms with van der Waals surface area (Å²) < 4.78 is 2.04. The van der Waals surface area contributed by atoms with Crippen LogP contribution in [0.1, 0.15) is 15.9 Å². The number of hydrogen-bond donors (Lipinski definition) is 2. The summed E-state index contributed by atoms with van der Waals surface area (Å²) in [5.41, 5.74) is 3.24. The Morgan fingerprint density at radius 2 is 2.26 bits per heavy atom. The number of halogens is 1. The number of nitrogens with one attached hydrogen (secondary N) is 1. The van der Waals surface area contributed by atoms with Crippen LogP contribution < -0.4 is 16.8 Å². The van der Waals surface area contributed by atoms with Crippen LogP contribution in [0.15, 0.2) is 41.6 Å². The van der Waals surface area contributed by atoms with Gasteiger partial charge in [0.05, 0.1) is 16.4 Å². The molecule has 0 aliphatic carbocycles. The van der Waals surface area contributed by atoms with Crippen LogP contribution >= 0.6 is 22.6 Å². The highest BCUT2D eigenvalue weighted by atomic mass is 127. The van der Waals surface area contributed by atoms with Crippen LogP contribution in [0, 0.1) is 3.57 Å². The van der Waals surface area contributed by atoms with Crippen LogP contribution in [0.5, 0.6) is 0 Å². The first-order valence-electron chi connectivity index (χ1n) is 5.41. The molecule has 0 fully saturated rings. The molecule has 6 nitrogen and oxygen atoms in total. The predicted molar refractivity (Wildman–Crippen MR) is 78.4 cm³/mol. The fourth-order valence-electron chi connectivity index (χ4n) is 1.63. The van der Waals surface area contributed by atoms with Crippen LogP contribution in [-0.2, 0) is 6.54 Å². The molecule has 0 saturated carbocycles. The molecular weight excluding hydrogens is 359 g/mol. The Morgan fingerprint density at radius 1 is 1.47 bits per heavy atom. The third-order valence-corrected chi connectivity index (χ3v) is 3.27. The van der Waals surface area contributed by atoms with Crippen molar-refractivity contribution in [2.75, 3.05) is 0 Å². The summed E-state index contributed by atoms with van der Waals surface area (Å²) in [5.74, 6) is 4.72. The van der Waals surface area contributed by atoms with Crippen molar-refractivity contribution in [3.05, 3.63) is 61.8 Å². The van der Waals surface area contributed by atoms with Gasteiger partial charge in [0.15, 0.2) is 0 Å². The molecule has 0 bridgehead atoms. The van der Waals surface area contributed by atoms with Crippen molar-refractivity contribution in [1.29, 1.82) is 0 Å². The highest BCUT2D eigenvalue weighted by Gasteiger charge is 2.06. The lowest BCUT2D eigenvalue weighted by Gasteiger charge is -2.07. The van der Waals surface area contributed by atoms with E-state index in [0.29, 0.717) is 15.7 Å². The molecule has 0 saturated heterocycles. The van der Waals surface area contributed by atoms with Crippen LogP contribution in [0.2, 0.25) is 0 Å². The highest BCUT2D eigenvalue weighted by molar-refractivity contribution is 14.1. The molecule has 0 atom stereocenters. The topological polar surface area (TPSA) is 90.0 Å². The maximum atomic E-state index is 11.9. The summed E-state index contributed by atoms with van der Waals surface area (Å²) in [6.45, 7) is 0.356. The summed E-state index contributed by atoms with van der Waals surface area (Å²) in [6.07, 6.45) is 2.98. The van der Waals surface area contributed by atoms with E-state index in [0.717, 1.165) is 5.56 Å². The molecule has 2 aromatic rings. The van der Waals surface area contributed by atoms with Gasteiger partial charge in [-0.2, -0.15) is 0 Å². The van der Waals surface area contributed by atoms with E-state index in [9.17, 15) is 9.59 Å². The standard InChI is InChI=1S/C12H11IN4O2/c13-10-5-15-7-17(12(10)19)6-8-2-1-3-9(4-8)11(18)16-14/h1-5,7H,6,14H2,(H,16,18). The van der Waals surface area contributed by atoms with Crippen molar-refractivity contribution in [1.82, 2.24) is 15.0 Å². The van der Waals surface area contributed by atoms with Crippen LogP contribution in [0.3, 0.4) is 0 Å². The smallest absolute Gasteiger partial charge is 0.267 e. The maximum absolute atomic E-state index is 11.9. The average Bonchev–Trinajstić information content (AvgIpc) is 2.43. The van der Waals surface area contributed by atoms with E-state index in [1.54, 1.807) is 18.2 Å². The molecular formula is C12H11IN4O2. The molecule has 2 rings (SSSR count). The van der Waals surface area contributed by atoms with Gasteiger partial charge in [0.25, 0.3) is 11.5 Å². The van der Waals surface area contributed by atoms with Gasteiger partial charge in [-0.1, -0.05) is 12.1 Å². The van der Waals surface area contributed by atoms with Gasteiger partial charge in [-0.05, 0) is 40.3 Å². The van der Waals surface area contributed by atoms with Crippen molar-refractivity contribution in [3.8, 4) is 0 Å². The number of carbonyl (C=O) groups is 1. The monoisotopic (exact) mass is 370 g/mol. The van der Waals surface area contributed by atoms with Gasteiger partial charge in [0.2, 0.25) is 0 Å². The van der Waals surface area contributed by atoms with Gasteiger partial charge in [-0.15, -0.1) is 0 Å². The second-order valence-corrected chi connectivity index (χ2v) is 5.01. The third-order valence-electron chi connectivity index (χ3n) is 2.53. The lowest BCUT2D eigenvalue weighted by Crippen LogP contribution is -2.30. The molecule has 0 unspecified atom stereocenters. The average molecular weight is 370 g/mol. The van der Waals surface area contributed by atoms with Gasteiger partial charge in [-0.3, -0.25) is 19.6 Å². The largest absolute Gasteiger partial charge is 0.294 e. The number of nitrogens with two attached hydrogens (primary N) is 1. The first-order valence-corrected chi connectivity index (χ1v) is 6.49. The number of carbonyl (C=O) groups excluding carboxylic acids is 1. The number of aromatic nitrogens is 2.